The SMILES string of the molecule is CCCCC/C=C\C/C=C\CCCCCCCC(=O)OC12CC3CC(OC(=O)CN(CC)CC)(C1)CC(OC(=O)CC14CCC(CC1)CC4)(C3)C2. The molecule has 7 saturated carbocycles. The van der Waals surface area contributed by atoms with E-state index in [2.05, 4.69) is 50.0 Å². The highest BCUT2D eigenvalue weighted by molar-refractivity contribution is 5.73. The van der Waals surface area contributed by atoms with Gasteiger partial charge in [0.1, 0.15) is 16.8 Å². The Kier molecular flexibility index (Phi) is 14.7. The third-order valence-corrected chi connectivity index (χ3v) is 13.3. The van der Waals surface area contributed by atoms with E-state index < -0.39 is 16.8 Å². The molecule has 0 N–H and O–H groups in total. The number of rotatable bonds is 23. The van der Waals surface area contributed by atoms with Gasteiger partial charge >= 0.3 is 17.9 Å². The summed E-state index contributed by atoms with van der Waals surface area (Å²) in [5.41, 5.74) is -2.16. The van der Waals surface area contributed by atoms with Gasteiger partial charge in [-0.2, -0.15) is 0 Å². The molecule has 7 rings (SSSR count). The summed E-state index contributed by atoms with van der Waals surface area (Å²) in [5, 5.41) is 0. The largest absolute Gasteiger partial charge is 0.459 e. The third kappa shape index (κ3) is 11.4. The molecule has 4 atom stereocenters. The summed E-state index contributed by atoms with van der Waals surface area (Å²) in [6.07, 6.45) is 33.6. The average Bonchev–Trinajstić information content (AvgIpc) is 3.08. The minimum Gasteiger partial charge on any atom is -0.459 e. The van der Waals surface area contributed by atoms with Crippen LogP contribution in [-0.2, 0) is 28.6 Å². The Balaban J connectivity index is 1.12. The zero-order valence-electron chi connectivity index (χ0n) is 32.7. The van der Waals surface area contributed by atoms with E-state index in [1.807, 2.05) is 0 Å². The van der Waals surface area contributed by atoms with Crippen molar-refractivity contribution >= 4 is 17.9 Å². The van der Waals surface area contributed by atoms with Crippen molar-refractivity contribution in [2.45, 2.75) is 198 Å². The second-order valence-corrected chi connectivity index (χ2v) is 17.6. The van der Waals surface area contributed by atoms with Crippen molar-refractivity contribution in [2.75, 3.05) is 19.6 Å². The summed E-state index contributed by atoms with van der Waals surface area (Å²) in [5.74, 6) is 0.547. The maximum Gasteiger partial charge on any atom is 0.320 e. The maximum absolute atomic E-state index is 13.8. The Morgan fingerprint density at radius 3 is 1.69 bits per heavy atom. The van der Waals surface area contributed by atoms with Crippen molar-refractivity contribution in [3.63, 3.8) is 0 Å². The molecule has 51 heavy (non-hydrogen) atoms. The van der Waals surface area contributed by atoms with Crippen molar-refractivity contribution in [2.24, 2.45) is 17.3 Å². The minimum atomic E-state index is -0.759. The lowest BCUT2D eigenvalue weighted by molar-refractivity contribution is -0.273. The molecule has 7 aliphatic rings. The van der Waals surface area contributed by atoms with Crippen molar-refractivity contribution in [1.82, 2.24) is 4.90 Å². The van der Waals surface area contributed by atoms with E-state index in [1.165, 1.54) is 57.8 Å². The predicted molar refractivity (Wildman–Crippen MR) is 203 cm³/mol. The molecule has 0 aromatic heterocycles. The molecule has 0 spiro atoms. The predicted octanol–water partition coefficient (Wildman–Crippen LogP) is 10.3. The first kappa shape index (κ1) is 40.0. The Morgan fingerprint density at radius 2 is 1.12 bits per heavy atom. The molecule has 0 aromatic carbocycles. The fraction of sp³-hybridized carbons (Fsp3) is 0.841. The monoisotopic (exact) mass is 710 g/mol. The van der Waals surface area contributed by atoms with Gasteiger partial charge in [0.2, 0.25) is 0 Å². The van der Waals surface area contributed by atoms with Crippen molar-refractivity contribution < 1.29 is 28.6 Å². The summed E-state index contributed by atoms with van der Waals surface area (Å²) >= 11 is 0. The van der Waals surface area contributed by atoms with Crippen LogP contribution in [0.4, 0.5) is 0 Å². The van der Waals surface area contributed by atoms with Gasteiger partial charge < -0.3 is 14.2 Å². The van der Waals surface area contributed by atoms with Crippen molar-refractivity contribution in [3.05, 3.63) is 24.3 Å². The number of fused-ring (bicyclic) bond motifs is 3. The van der Waals surface area contributed by atoms with Gasteiger partial charge in [-0.15, -0.1) is 0 Å². The maximum atomic E-state index is 13.8. The number of ether oxygens (including phenoxy) is 3. The first-order valence-electron chi connectivity index (χ1n) is 21.3. The summed E-state index contributed by atoms with van der Waals surface area (Å²) in [4.78, 5) is 42.6. The Labute approximate surface area is 310 Å². The smallest absolute Gasteiger partial charge is 0.320 e. The molecule has 7 heteroatoms. The van der Waals surface area contributed by atoms with Crippen LogP contribution in [0.2, 0.25) is 0 Å². The highest BCUT2D eigenvalue weighted by Gasteiger charge is 2.68. The number of esters is 3. The van der Waals surface area contributed by atoms with Gasteiger partial charge in [-0.05, 0) is 127 Å². The number of carbonyl (C=O) groups excluding carboxylic acids is 3. The number of allylic oxidation sites excluding steroid dienone is 4. The molecule has 0 amide bonds. The van der Waals surface area contributed by atoms with Crippen LogP contribution < -0.4 is 0 Å². The van der Waals surface area contributed by atoms with Crippen LogP contribution in [0.3, 0.4) is 0 Å². The zero-order chi connectivity index (χ0) is 36.2. The normalized spacial score (nSPS) is 32.3. The van der Waals surface area contributed by atoms with Gasteiger partial charge in [-0.3, -0.25) is 19.3 Å². The van der Waals surface area contributed by atoms with Crippen LogP contribution in [0, 0.1) is 17.3 Å². The average molecular weight is 710 g/mol. The lowest BCUT2D eigenvalue weighted by Gasteiger charge is -2.63. The number of hydrogen-bond donors (Lipinski definition) is 0. The molecular formula is C44H71NO6. The van der Waals surface area contributed by atoms with Crippen molar-refractivity contribution in [1.29, 1.82) is 0 Å². The van der Waals surface area contributed by atoms with Crippen LogP contribution in [0.1, 0.15) is 181 Å². The second kappa shape index (κ2) is 18.7. The van der Waals surface area contributed by atoms with Gasteiger partial charge in [-0.1, -0.05) is 77.2 Å². The van der Waals surface area contributed by atoms with E-state index >= 15 is 0 Å². The second-order valence-electron chi connectivity index (χ2n) is 17.6. The van der Waals surface area contributed by atoms with Crippen LogP contribution in [-0.4, -0.2) is 59.2 Å². The fourth-order valence-electron chi connectivity index (χ4n) is 11.0. The fourth-order valence-corrected chi connectivity index (χ4v) is 11.0. The molecule has 0 aromatic rings. The van der Waals surface area contributed by atoms with Gasteiger partial charge in [0, 0.05) is 25.7 Å². The van der Waals surface area contributed by atoms with Crippen molar-refractivity contribution in [3.8, 4) is 0 Å². The quantitative estimate of drug-likeness (QED) is 0.0452. The van der Waals surface area contributed by atoms with Gasteiger partial charge in [0.05, 0.1) is 13.0 Å². The highest BCUT2D eigenvalue weighted by atomic mass is 16.6. The van der Waals surface area contributed by atoms with Crippen LogP contribution in [0.5, 0.6) is 0 Å². The van der Waals surface area contributed by atoms with E-state index in [-0.39, 0.29) is 35.8 Å². The lowest BCUT2D eigenvalue weighted by Crippen LogP contribution is -2.69. The summed E-state index contributed by atoms with van der Waals surface area (Å²) < 4.78 is 19.5. The number of nitrogens with zero attached hydrogens (tertiary/aromatic N) is 1. The third-order valence-electron chi connectivity index (χ3n) is 13.3. The van der Waals surface area contributed by atoms with Gasteiger partial charge in [-0.25, -0.2) is 0 Å². The van der Waals surface area contributed by atoms with Gasteiger partial charge in [0.25, 0.3) is 0 Å². The molecule has 7 aliphatic carbocycles. The van der Waals surface area contributed by atoms with E-state index in [0.717, 1.165) is 89.6 Å². The Morgan fingerprint density at radius 1 is 0.608 bits per heavy atom. The number of likely N-dealkylation sites (N-methyl/N-ethyl adjacent to an activating group) is 1. The highest BCUT2D eigenvalue weighted by Crippen LogP contribution is 2.63. The lowest BCUT2D eigenvalue weighted by atomic mass is 9.50. The van der Waals surface area contributed by atoms with E-state index in [1.54, 1.807) is 0 Å². The standard InChI is InChI=1S/C44H71NO6/c1-4-7-8-9-10-11-12-13-14-15-16-17-18-19-20-21-38(46)49-42-28-37-29-43(33-42,50-39(47)31-41-25-22-36(23-26-41)24-27-41)35-44(30-37,34-42)51-40(48)32-45(5-2)6-3/h10-11,13-14,36-37H,4-9,12,15-35H2,1-3H3/b11-10-,14-13-. The van der Waals surface area contributed by atoms with Crippen LogP contribution in [0.15, 0.2) is 24.3 Å². The molecule has 6 bridgehead atoms. The van der Waals surface area contributed by atoms with Gasteiger partial charge in [0.15, 0.2) is 0 Å². The molecular weight excluding hydrogens is 638 g/mol. The first-order valence-corrected chi connectivity index (χ1v) is 21.3. The number of hydrogen-bond acceptors (Lipinski definition) is 7. The number of unbranched alkanes of at least 4 members (excludes halogenated alkanes) is 8. The molecule has 0 radical (unpaired) electrons. The van der Waals surface area contributed by atoms with Crippen LogP contribution in [0.25, 0.3) is 0 Å². The topological polar surface area (TPSA) is 82.1 Å². The van der Waals surface area contributed by atoms with E-state index in [4.69, 9.17) is 14.2 Å². The van der Waals surface area contributed by atoms with E-state index in [0.29, 0.717) is 32.1 Å². The summed E-state index contributed by atoms with van der Waals surface area (Å²) in [6.45, 7) is 8.15. The Hall–Kier alpha value is -2.15. The van der Waals surface area contributed by atoms with E-state index in [9.17, 15) is 14.4 Å². The molecule has 0 heterocycles. The molecule has 0 saturated heterocycles. The number of carbonyl (C=O) groups is 3. The minimum absolute atomic E-state index is 0.0910. The zero-order valence-corrected chi connectivity index (χ0v) is 32.7. The summed E-state index contributed by atoms with van der Waals surface area (Å²) in [7, 11) is 0. The summed E-state index contributed by atoms with van der Waals surface area (Å²) in [6, 6.07) is 0. The Bertz CT molecular complexity index is 1190. The molecule has 7 fully saturated rings. The molecule has 7 nitrogen and oxygen atoms in total. The molecule has 288 valence electrons. The first-order chi connectivity index (χ1) is 24.6. The molecule has 4 unspecified atom stereocenters. The molecule has 0 aliphatic heterocycles. The van der Waals surface area contributed by atoms with Crippen LogP contribution >= 0.6 is 0 Å².